The predicted molar refractivity (Wildman–Crippen MR) is 55.9 cm³/mol. The third-order valence-corrected chi connectivity index (χ3v) is 3.13. The van der Waals surface area contributed by atoms with E-state index in [1.165, 1.54) is 19.3 Å². The Morgan fingerprint density at radius 3 is 2.79 bits per heavy atom. The summed E-state index contributed by atoms with van der Waals surface area (Å²) in [6, 6.07) is 0.568. The number of carbonyl (C=O) groups is 1. The molecule has 1 atom stereocenters. The lowest BCUT2D eigenvalue weighted by molar-refractivity contribution is -0.170. The number of hydrogen-bond acceptors (Lipinski definition) is 3. The minimum atomic E-state index is -0.442. The van der Waals surface area contributed by atoms with E-state index in [1.54, 1.807) is 0 Å². The summed E-state index contributed by atoms with van der Waals surface area (Å²) in [4.78, 5) is 12.7. The van der Waals surface area contributed by atoms with Crippen molar-refractivity contribution in [1.29, 1.82) is 0 Å². The van der Waals surface area contributed by atoms with E-state index >= 15 is 0 Å². The van der Waals surface area contributed by atoms with E-state index in [0.29, 0.717) is 12.5 Å². The molecule has 1 rings (SSSR count). The molecule has 1 unspecified atom stereocenters. The summed E-state index contributed by atoms with van der Waals surface area (Å²) in [5, 5.41) is 0. The topological polar surface area (TPSA) is 29.5 Å². The zero-order valence-corrected chi connectivity index (χ0v) is 9.45. The summed E-state index contributed by atoms with van der Waals surface area (Å²) in [6.07, 6.45) is 4.86. The molecule has 0 aromatic heterocycles. The molecule has 0 bridgehead atoms. The molecular weight excluding hydrogens is 178 g/mol. The molecule has 14 heavy (non-hydrogen) atoms. The lowest BCUT2D eigenvalue weighted by atomic mass is 9.97. The fourth-order valence-electron chi connectivity index (χ4n) is 2.32. The molecule has 0 amide bonds. The van der Waals surface area contributed by atoms with Gasteiger partial charge in [0.1, 0.15) is 0 Å². The maximum absolute atomic E-state index is 10.4. The van der Waals surface area contributed by atoms with Crippen LogP contribution in [0.25, 0.3) is 0 Å². The summed E-state index contributed by atoms with van der Waals surface area (Å²) < 4.78 is 5.15. The number of nitrogens with zero attached hydrogens (tertiary/aromatic N) is 1. The van der Waals surface area contributed by atoms with Gasteiger partial charge in [0.2, 0.25) is 0 Å². The Hall–Kier alpha value is -0.570. The zero-order valence-electron chi connectivity index (χ0n) is 9.45. The van der Waals surface area contributed by atoms with E-state index < -0.39 is 5.72 Å². The van der Waals surface area contributed by atoms with Gasteiger partial charge >= 0.3 is 0 Å². The summed E-state index contributed by atoms with van der Waals surface area (Å²) in [7, 11) is 0. The highest BCUT2D eigenvalue weighted by Crippen LogP contribution is 2.27. The average Bonchev–Trinajstić information content (AvgIpc) is 2.18. The molecule has 0 aromatic carbocycles. The number of hydrogen-bond donors (Lipinski definition) is 0. The fraction of sp³-hybridized carbons (Fsp3) is 0.909. The first-order chi connectivity index (χ1) is 6.61. The Morgan fingerprint density at radius 2 is 2.21 bits per heavy atom. The first-order valence-corrected chi connectivity index (χ1v) is 5.50. The molecule has 1 aliphatic rings. The number of carbonyl (C=O) groups excluding carboxylic acids is 1. The molecule has 3 heteroatoms. The van der Waals surface area contributed by atoms with Crippen molar-refractivity contribution in [3.8, 4) is 0 Å². The minimum Gasteiger partial charge on any atom is -0.446 e. The average molecular weight is 199 g/mol. The molecule has 1 fully saturated rings. The Bertz CT molecular complexity index is 192. The molecule has 0 aromatic rings. The summed E-state index contributed by atoms with van der Waals surface area (Å²) in [5.41, 5.74) is -0.442. The van der Waals surface area contributed by atoms with E-state index in [9.17, 15) is 4.79 Å². The van der Waals surface area contributed by atoms with Crippen molar-refractivity contribution in [2.45, 2.75) is 58.2 Å². The van der Waals surface area contributed by atoms with Crippen LogP contribution in [0.3, 0.4) is 0 Å². The molecule has 0 aliphatic carbocycles. The van der Waals surface area contributed by atoms with Crippen LogP contribution in [0.5, 0.6) is 0 Å². The highest BCUT2D eigenvalue weighted by Gasteiger charge is 2.34. The van der Waals surface area contributed by atoms with Crippen molar-refractivity contribution in [1.82, 2.24) is 4.90 Å². The van der Waals surface area contributed by atoms with Gasteiger partial charge in [-0.15, -0.1) is 0 Å². The Kier molecular flexibility index (Phi) is 3.93. The summed E-state index contributed by atoms with van der Waals surface area (Å²) >= 11 is 0. The third kappa shape index (κ3) is 2.47. The van der Waals surface area contributed by atoms with E-state index in [1.807, 2.05) is 13.8 Å². The number of ether oxygens (including phenoxy) is 1. The van der Waals surface area contributed by atoms with Crippen LogP contribution in [0.15, 0.2) is 0 Å². The molecule has 82 valence electrons. The molecule has 0 saturated carbocycles. The van der Waals surface area contributed by atoms with Crippen LogP contribution in [0.4, 0.5) is 0 Å². The van der Waals surface area contributed by atoms with Crippen molar-refractivity contribution in [3.63, 3.8) is 0 Å². The van der Waals surface area contributed by atoms with Crippen LogP contribution < -0.4 is 0 Å². The van der Waals surface area contributed by atoms with Gasteiger partial charge < -0.3 is 4.74 Å². The standard InChI is InChI=1S/C11H21NO2/c1-4-10-7-5-6-8-12(10)11(2,3)14-9-13/h9-10H,4-8H2,1-3H3. The molecule has 3 nitrogen and oxygen atoms in total. The maximum atomic E-state index is 10.4. The SMILES string of the molecule is CCC1CCCCN1C(C)(C)OC=O. The largest absolute Gasteiger partial charge is 0.446 e. The van der Waals surface area contributed by atoms with Crippen molar-refractivity contribution in [3.05, 3.63) is 0 Å². The van der Waals surface area contributed by atoms with Crippen molar-refractivity contribution in [2.24, 2.45) is 0 Å². The van der Waals surface area contributed by atoms with Crippen LogP contribution in [-0.2, 0) is 9.53 Å². The Balaban J connectivity index is 2.66. The zero-order chi connectivity index (χ0) is 10.6. The molecule has 0 radical (unpaired) electrons. The lowest BCUT2D eigenvalue weighted by Gasteiger charge is -2.44. The van der Waals surface area contributed by atoms with Gasteiger partial charge in [0.25, 0.3) is 6.47 Å². The maximum Gasteiger partial charge on any atom is 0.294 e. The van der Waals surface area contributed by atoms with Gasteiger partial charge in [0.15, 0.2) is 5.72 Å². The monoisotopic (exact) mass is 199 g/mol. The second kappa shape index (κ2) is 4.78. The van der Waals surface area contributed by atoms with Crippen LogP contribution in [0.1, 0.15) is 46.5 Å². The molecule has 0 N–H and O–H groups in total. The summed E-state index contributed by atoms with van der Waals surface area (Å²) in [5.74, 6) is 0. The van der Waals surface area contributed by atoms with Crippen LogP contribution in [0, 0.1) is 0 Å². The van der Waals surface area contributed by atoms with E-state index in [-0.39, 0.29) is 0 Å². The minimum absolute atomic E-state index is 0.442. The first-order valence-electron chi connectivity index (χ1n) is 5.50. The van der Waals surface area contributed by atoms with Crippen molar-refractivity contribution < 1.29 is 9.53 Å². The molecule has 1 heterocycles. The van der Waals surface area contributed by atoms with E-state index in [0.717, 1.165) is 13.0 Å². The highest BCUT2D eigenvalue weighted by molar-refractivity contribution is 5.38. The molecule has 1 saturated heterocycles. The van der Waals surface area contributed by atoms with Gasteiger partial charge in [0.05, 0.1) is 0 Å². The molecule has 1 aliphatic heterocycles. The Morgan fingerprint density at radius 1 is 1.50 bits per heavy atom. The third-order valence-electron chi connectivity index (χ3n) is 3.13. The van der Waals surface area contributed by atoms with Crippen LogP contribution in [0.2, 0.25) is 0 Å². The number of rotatable bonds is 4. The molecular formula is C11H21NO2. The lowest BCUT2D eigenvalue weighted by Crippen LogP contribution is -2.53. The highest BCUT2D eigenvalue weighted by atomic mass is 16.6. The molecule has 0 spiro atoms. The van der Waals surface area contributed by atoms with Gasteiger partial charge in [-0.25, -0.2) is 0 Å². The smallest absolute Gasteiger partial charge is 0.294 e. The van der Waals surface area contributed by atoms with Gasteiger partial charge in [-0.3, -0.25) is 9.69 Å². The van der Waals surface area contributed by atoms with Crippen LogP contribution >= 0.6 is 0 Å². The Labute approximate surface area is 86.4 Å². The van der Waals surface area contributed by atoms with E-state index in [2.05, 4.69) is 11.8 Å². The van der Waals surface area contributed by atoms with Crippen molar-refractivity contribution >= 4 is 6.47 Å². The number of piperidine rings is 1. The second-order valence-electron chi connectivity index (χ2n) is 4.41. The van der Waals surface area contributed by atoms with Gasteiger partial charge in [-0.2, -0.15) is 0 Å². The fourth-order valence-corrected chi connectivity index (χ4v) is 2.32. The first kappa shape index (κ1) is 11.5. The van der Waals surface area contributed by atoms with E-state index in [4.69, 9.17) is 4.74 Å². The van der Waals surface area contributed by atoms with Crippen LogP contribution in [-0.4, -0.2) is 29.7 Å². The van der Waals surface area contributed by atoms with Gasteiger partial charge in [-0.05, 0) is 33.1 Å². The van der Waals surface area contributed by atoms with Gasteiger partial charge in [0, 0.05) is 12.6 Å². The number of likely N-dealkylation sites (tertiary alicyclic amines) is 1. The predicted octanol–water partition coefficient (Wildman–Crippen LogP) is 2.16. The normalized spacial score (nSPS) is 24.6. The second-order valence-corrected chi connectivity index (χ2v) is 4.41. The summed E-state index contributed by atoms with van der Waals surface area (Å²) in [6.45, 7) is 7.73. The van der Waals surface area contributed by atoms with Crippen molar-refractivity contribution in [2.75, 3.05) is 6.54 Å². The quantitative estimate of drug-likeness (QED) is 0.650. The van der Waals surface area contributed by atoms with Gasteiger partial charge in [-0.1, -0.05) is 13.3 Å².